The molecule has 0 saturated heterocycles. The van der Waals surface area contributed by atoms with Crippen LogP contribution in [0.1, 0.15) is 10.4 Å². The zero-order chi connectivity index (χ0) is 9.84. The van der Waals surface area contributed by atoms with Crippen molar-refractivity contribution in [2.75, 3.05) is 0 Å². The second kappa shape index (κ2) is 4.36. The number of nitrogens with zero attached hydrogens (tertiary/aromatic N) is 1. The molecule has 1 aromatic carbocycles. The first kappa shape index (κ1) is 10.2. The predicted molar refractivity (Wildman–Crippen MR) is 49.2 cm³/mol. The minimum atomic E-state index is -2.49. The topological polar surface area (TPSA) is 57.6 Å². The first-order chi connectivity index (χ1) is 6.13. The van der Waals surface area contributed by atoms with E-state index < -0.39 is 17.2 Å². The Balaban J connectivity index is 2.86. The van der Waals surface area contributed by atoms with Gasteiger partial charge in [0.1, 0.15) is 0 Å². The minimum absolute atomic E-state index is 0.231. The largest absolute Gasteiger partial charge is 0.288 e. The fourth-order valence-electron chi connectivity index (χ4n) is 0.753. The highest BCUT2D eigenvalue weighted by Gasteiger charge is 2.17. The van der Waals surface area contributed by atoms with Gasteiger partial charge in [-0.1, -0.05) is 18.2 Å². The highest BCUT2D eigenvalue weighted by atomic mass is 35.5. The maximum atomic E-state index is 11.2. The highest BCUT2D eigenvalue weighted by Crippen LogP contribution is 2.07. The normalized spacial score (nSPS) is 12.2. The number of hydrogen-bond donors (Lipinski definition) is 1. The smallest absolute Gasteiger partial charge is 0.282 e. The highest BCUT2D eigenvalue weighted by molar-refractivity contribution is 7.78. The minimum Gasteiger partial charge on any atom is -0.288 e. The second-order valence-corrected chi connectivity index (χ2v) is 3.51. The summed E-state index contributed by atoms with van der Waals surface area (Å²) in [5, 5.41) is 0. The molecule has 0 radical (unpaired) electrons. The monoisotopic (exact) mass is 219 g/mol. The van der Waals surface area contributed by atoms with Gasteiger partial charge in [-0.25, -0.2) is 4.21 Å². The summed E-state index contributed by atoms with van der Waals surface area (Å²) in [6.45, 7) is 0. The SMILES string of the molecule is O=C(c1ccccc1)N(Cl)S(=O)O. The molecule has 1 N–H and O–H groups in total. The van der Waals surface area contributed by atoms with Crippen LogP contribution >= 0.6 is 11.8 Å². The number of amides is 1. The number of halogens is 1. The van der Waals surface area contributed by atoms with Gasteiger partial charge in [0.2, 0.25) is 0 Å². The van der Waals surface area contributed by atoms with Crippen molar-refractivity contribution in [1.82, 2.24) is 3.82 Å². The van der Waals surface area contributed by atoms with Crippen LogP contribution in [0, 0.1) is 0 Å². The molecule has 0 spiro atoms. The van der Waals surface area contributed by atoms with Crippen molar-refractivity contribution in [3.8, 4) is 0 Å². The van der Waals surface area contributed by atoms with Gasteiger partial charge < -0.3 is 0 Å². The van der Waals surface area contributed by atoms with Crippen molar-refractivity contribution in [3.63, 3.8) is 0 Å². The standard InChI is InChI=1S/C7H6ClNO3S/c8-9(13(11)12)7(10)6-4-2-1-3-5-6/h1-5H,(H,11,12). The molecule has 0 saturated carbocycles. The summed E-state index contributed by atoms with van der Waals surface area (Å²) in [7, 11) is 0. The van der Waals surface area contributed by atoms with Gasteiger partial charge in [0.15, 0.2) is 0 Å². The van der Waals surface area contributed by atoms with E-state index in [1.54, 1.807) is 18.2 Å². The van der Waals surface area contributed by atoms with Gasteiger partial charge in [-0.15, -0.1) is 3.82 Å². The molecule has 4 nitrogen and oxygen atoms in total. The molecule has 0 bridgehead atoms. The molecule has 1 atom stereocenters. The zero-order valence-corrected chi connectivity index (χ0v) is 7.96. The van der Waals surface area contributed by atoms with Gasteiger partial charge in [-0.3, -0.25) is 9.35 Å². The van der Waals surface area contributed by atoms with Crippen LogP contribution < -0.4 is 0 Å². The molecule has 1 amide bonds. The van der Waals surface area contributed by atoms with Crippen molar-refractivity contribution >= 4 is 29.0 Å². The van der Waals surface area contributed by atoms with Crippen LogP contribution in [0.4, 0.5) is 0 Å². The van der Waals surface area contributed by atoms with Gasteiger partial charge >= 0.3 is 0 Å². The molecule has 0 aliphatic carbocycles. The van der Waals surface area contributed by atoms with Crippen molar-refractivity contribution in [2.24, 2.45) is 0 Å². The molecule has 0 fully saturated rings. The molecule has 1 rings (SSSR count). The molecule has 13 heavy (non-hydrogen) atoms. The molecule has 70 valence electrons. The predicted octanol–water partition coefficient (Wildman–Crippen LogP) is 1.42. The van der Waals surface area contributed by atoms with E-state index in [1.165, 1.54) is 12.1 Å². The lowest BCUT2D eigenvalue weighted by Gasteiger charge is -2.07. The fraction of sp³-hybridized carbons (Fsp3) is 0. The molecule has 1 unspecified atom stereocenters. The maximum Gasteiger partial charge on any atom is 0.282 e. The maximum absolute atomic E-state index is 11.2. The Bertz CT molecular complexity index is 330. The van der Waals surface area contributed by atoms with Crippen LogP contribution in [-0.2, 0) is 11.3 Å². The number of carbonyl (C=O) groups is 1. The Morgan fingerprint density at radius 1 is 1.38 bits per heavy atom. The Morgan fingerprint density at radius 3 is 2.38 bits per heavy atom. The van der Waals surface area contributed by atoms with E-state index in [-0.39, 0.29) is 9.39 Å². The lowest BCUT2D eigenvalue weighted by atomic mass is 10.2. The van der Waals surface area contributed by atoms with Crippen molar-refractivity contribution in [2.45, 2.75) is 0 Å². The van der Waals surface area contributed by atoms with E-state index in [0.29, 0.717) is 0 Å². The Labute approximate surface area is 82.6 Å². The van der Waals surface area contributed by atoms with Gasteiger partial charge in [0.25, 0.3) is 17.2 Å². The van der Waals surface area contributed by atoms with Crippen molar-refractivity contribution < 1.29 is 13.6 Å². The van der Waals surface area contributed by atoms with E-state index >= 15 is 0 Å². The van der Waals surface area contributed by atoms with E-state index in [1.807, 2.05) is 0 Å². The molecule has 0 aliphatic heterocycles. The lowest BCUT2D eigenvalue weighted by Crippen LogP contribution is -2.23. The number of hydrogen-bond acceptors (Lipinski definition) is 2. The van der Waals surface area contributed by atoms with E-state index in [9.17, 15) is 9.00 Å². The summed E-state index contributed by atoms with van der Waals surface area (Å²) in [5.41, 5.74) is 0.264. The second-order valence-electron chi connectivity index (χ2n) is 2.15. The Kier molecular flexibility index (Phi) is 3.41. The molecular formula is C7H6ClNO3S. The summed E-state index contributed by atoms with van der Waals surface area (Å²) in [5.74, 6) is -0.705. The number of rotatable bonds is 2. The molecule has 1 aromatic rings. The first-order valence-corrected chi connectivity index (χ1v) is 4.69. The third-order valence-electron chi connectivity index (χ3n) is 1.32. The van der Waals surface area contributed by atoms with Crippen molar-refractivity contribution in [3.05, 3.63) is 35.9 Å². The summed E-state index contributed by atoms with van der Waals surface area (Å²) < 4.78 is 19.1. The van der Waals surface area contributed by atoms with Gasteiger partial charge in [0.05, 0.1) is 0 Å². The van der Waals surface area contributed by atoms with E-state index in [4.69, 9.17) is 16.3 Å². The third-order valence-corrected chi connectivity index (χ3v) is 2.27. The van der Waals surface area contributed by atoms with Crippen LogP contribution in [0.2, 0.25) is 0 Å². The molecule has 0 heterocycles. The van der Waals surface area contributed by atoms with Gasteiger partial charge in [0, 0.05) is 17.3 Å². The van der Waals surface area contributed by atoms with Crippen LogP contribution in [-0.4, -0.2) is 18.5 Å². The molecule has 0 aromatic heterocycles. The van der Waals surface area contributed by atoms with Crippen LogP contribution in [0.15, 0.2) is 30.3 Å². The average Bonchev–Trinajstić information content (AvgIpc) is 2.17. The number of carbonyl (C=O) groups excluding carboxylic acids is 1. The third kappa shape index (κ3) is 2.51. The van der Waals surface area contributed by atoms with Crippen LogP contribution in [0.5, 0.6) is 0 Å². The van der Waals surface area contributed by atoms with E-state index in [0.717, 1.165) is 0 Å². The Morgan fingerprint density at radius 2 is 1.92 bits per heavy atom. The van der Waals surface area contributed by atoms with Gasteiger partial charge in [-0.05, 0) is 12.1 Å². The summed E-state index contributed by atoms with van der Waals surface area (Å²) in [6, 6.07) is 8.01. The van der Waals surface area contributed by atoms with E-state index in [2.05, 4.69) is 0 Å². The van der Waals surface area contributed by atoms with Gasteiger partial charge in [-0.2, -0.15) is 0 Å². The fourth-order valence-corrected chi connectivity index (χ4v) is 1.10. The Hall–Kier alpha value is -0.910. The van der Waals surface area contributed by atoms with Crippen LogP contribution in [0.25, 0.3) is 0 Å². The summed E-state index contributed by atoms with van der Waals surface area (Å²) >= 11 is 2.74. The molecular weight excluding hydrogens is 214 g/mol. The van der Waals surface area contributed by atoms with Crippen molar-refractivity contribution in [1.29, 1.82) is 0 Å². The quantitative estimate of drug-likeness (QED) is 0.605. The average molecular weight is 220 g/mol. The summed E-state index contributed by atoms with van der Waals surface area (Å²) in [4.78, 5) is 11.2. The summed E-state index contributed by atoms with van der Waals surface area (Å²) in [6.07, 6.45) is 0. The molecule has 6 heteroatoms. The first-order valence-electron chi connectivity index (χ1n) is 3.29. The number of benzene rings is 1. The van der Waals surface area contributed by atoms with Crippen LogP contribution in [0.3, 0.4) is 0 Å². The molecule has 0 aliphatic rings. The lowest BCUT2D eigenvalue weighted by molar-refractivity contribution is 0.0922. The zero-order valence-electron chi connectivity index (χ0n) is 6.38.